The fraction of sp³-hybridized carbons (Fsp3) is 0.360. The van der Waals surface area contributed by atoms with Crippen LogP contribution in [0.1, 0.15) is 41.6 Å². The standard InChI is InChI=1S/C25H26O4/c26-24-16-21-20(15-9-2-6-12-18-10-4-1-5-11-18)22(17-23(21)28-24)29-25(27)19-13-7-3-8-14-19/h1,3-5,7-11,13-15,20-23H,2,6,12,16-17H2/b15-9+/t20?,21?,22-,23+/m1/s1. The van der Waals surface area contributed by atoms with E-state index in [-0.39, 0.29) is 36.0 Å². The van der Waals surface area contributed by atoms with Crippen LogP contribution in [0.4, 0.5) is 0 Å². The van der Waals surface area contributed by atoms with Crippen LogP contribution >= 0.6 is 0 Å². The summed E-state index contributed by atoms with van der Waals surface area (Å²) in [7, 11) is 0. The zero-order chi connectivity index (χ0) is 20.1. The smallest absolute Gasteiger partial charge is 0.338 e. The van der Waals surface area contributed by atoms with Gasteiger partial charge in [-0.25, -0.2) is 4.79 Å². The van der Waals surface area contributed by atoms with Gasteiger partial charge in [-0.05, 0) is 37.0 Å². The lowest BCUT2D eigenvalue weighted by Crippen LogP contribution is -2.24. The van der Waals surface area contributed by atoms with Gasteiger partial charge in [0.15, 0.2) is 0 Å². The topological polar surface area (TPSA) is 52.6 Å². The van der Waals surface area contributed by atoms with Crippen LogP contribution < -0.4 is 0 Å². The van der Waals surface area contributed by atoms with Crippen LogP contribution in [0, 0.1) is 11.8 Å². The highest BCUT2D eigenvalue weighted by atomic mass is 16.6. The average Bonchev–Trinajstić information content (AvgIpc) is 3.25. The zero-order valence-corrected chi connectivity index (χ0v) is 16.4. The quantitative estimate of drug-likeness (QED) is 0.389. The number of aryl methyl sites for hydroxylation is 1. The highest BCUT2D eigenvalue weighted by Crippen LogP contribution is 2.43. The molecule has 0 bridgehead atoms. The molecule has 0 aromatic heterocycles. The summed E-state index contributed by atoms with van der Waals surface area (Å²) in [6.07, 6.45) is 7.95. The average molecular weight is 390 g/mol. The van der Waals surface area contributed by atoms with Gasteiger partial charge in [0.25, 0.3) is 0 Å². The first-order chi connectivity index (χ1) is 14.2. The Labute approximate surface area is 171 Å². The van der Waals surface area contributed by atoms with Gasteiger partial charge in [-0.1, -0.05) is 60.7 Å². The highest BCUT2D eigenvalue weighted by molar-refractivity contribution is 5.89. The van der Waals surface area contributed by atoms with E-state index in [0.717, 1.165) is 19.3 Å². The van der Waals surface area contributed by atoms with E-state index in [1.165, 1.54) is 5.56 Å². The summed E-state index contributed by atoms with van der Waals surface area (Å²) in [4.78, 5) is 24.2. The van der Waals surface area contributed by atoms with Crippen LogP contribution in [-0.2, 0) is 20.7 Å². The van der Waals surface area contributed by atoms with Crippen molar-refractivity contribution in [2.75, 3.05) is 0 Å². The largest absolute Gasteiger partial charge is 0.462 e. The third-order valence-electron chi connectivity index (χ3n) is 5.86. The number of carbonyl (C=O) groups excluding carboxylic acids is 2. The van der Waals surface area contributed by atoms with E-state index in [2.05, 4.69) is 36.4 Å². The summed E-state index contributed by atoms with van der Waals surface area (Å²) in [5, 5.41) is 0. The SMILES string of the molecule is O=C1CC2C(/C=C/CCCc3ccccc3)[C@H](OC(=O)c3ccccc3)C[C@@H]2O1. The number of ether oxygens (including phenoxy) is 2. The van der Waals surface area contributed by atoms with Gasteiger partial charge in [0.2, 0.25) is 0 Å². The number of allylic oxidation sites excluding steroid dienone is 1. The zero-order valence-electron chi connectivity index (χ0n) is 16.4. The normalized spacial score (nSPS) is 25.7. The molecule has 0 amide bonds. The van der Waals surface area contributed by atoms with Crippen molar-refractivity contribution in [3.05, 3.63) is 83.9 Å². The van der Waals surface area contributed by atoms with Crippen molar-refractivity contribution >= 4 is 11.9 Å². The predicted octanol–water partition coefficient (Wildman–Crippen LogP) is 4.74. The molecule has 1 heterocycles. The molecule has 29 heavy (non-hydrogen) atoms. The van der Waals surface area contributed by atoms with Crippen molar-refractivity contribution in [1.29, 1.82) is 0 Å². The molecule has 0 N–H and O–H groups in total. The summed E-state index contributed by atoms with van der Waals surface area (Å²) in [5.74, 6) is -0.336. The monoisotopic (exact) mass is 390 g/mol. The van der Waals surface area contributed by atoms with Gasteiger partial charge in [-0.2, -0.15) is 0 Å². The van der Waals surface area contributed by atoms with Crippen LogP contribution in [0.5, 0.6) is 0 Å². The van der Waals surface area contributed by atoms with Crippen molar-refractivity contribution in [3.8, 4) is 0 Å². The first kappa shape index (κ1) is 19.4. The summed E-state index contributed by atoms with van der Waals surface area (Å²) < 4.78 is 11.3. The minimum atomic E-state index is -0.315. The maximum Gasteiger partial charge on any atom is 0.338 e. The molecule has 150 valence electrons. The van der Waals surface area contributed by atoms with E-state index < -0.39 is 0 Å². The van der Waals surface area contributed by atoms with E-state index in [1.807, 2.05) is 24.3 Å². The minimum absolute atomic E-state index is 0.0239. The first-order valence-corrected chi connectivity index (χ1v) is 10.4. The maximum absolute atomic E-state index is 12.5. The van der Waals surface area contributed by atoms with Gasteiger partial charge in [0, 0.05) is 18.3 Å². The number of esters is 2. The second-order valence-electron chi connectivity index (χ2n) is 7.83. The first-order valence-electron chi connectivity index (χ1n) is 10.4. The van der Waals surface area contributed by atoms with Gasteiger partial charge >= 0.3 is 11.9 Å². The second kappa shape index (κ2) is 9.08. The summed E-state index contributed by atoms with van der Waals surface area (Å²) in [5.41, 5.74) is 1.89. The fourth-order valence-corrected chi connectivity index (χ4v) is 4.39. The number of hydrogen-bond acceptors (Lipinski definition) is 4. The summed E-state index contributed by atoms with van der Waals surface area (Å²) in [6, 6.07) is 19.5. The Balaban J connectivity index is 1.37. The van der Waals surface area contributed by atoms with Crippen molar-refractivity contribution in [2.24, 2.45) is 11.8 Å². The fourth-order valence-electron chi connectivity index (χ4n) is 4.39. The van der Waals surface area contributed by atoms with E-state index in [4.69, 9.17) is 9.47 Å². The molecule has 2 aromatic carbocycles. The molecule has 2 aromatic rings. The van der Waals surface area contributed by atoms with E-state index in [9.17, 15) is 9.59 Å². The van der Waals surface area contributed by atoms with E-state index in [1.54, 1.807) is 12.1 Å². The molecule has 4 atom stereocenters. The Kier molecular flexibility index (Phi) is 6.09. The van der Waals surface area contributed by atoms with Crippen LogP contribution in [-0.4, -0.2) is 24.1 Å². The molecule has 1 saturated heterocycles. The number of hydrogen-bond donors (Lipinski definition) is 0. The second-order valence-corrected chi connectivity index (χ2v) is 7.83. The molecular weight excluding hydrogens is 364 g/mol. The molecule has 2 unspecified atom stereocenters. The molecule has 1 aliphatic heterocycles. The van der Waals surface area contributed by atoms with E-state index >= 15 is 0 Å². The van der Waals surface area contributed by atoms with Gasteiger partial charge in [-0.3, -0.25) is 4.79 Å². The predicted molar refractivity (Wildman–Crippen MR) is 110 cm³/mol. The molecule has 2 aliphatic rings. The van der Waals surface area contributed by atoms with E-state index in [0.29, 0.717) is 18.4 Å². The van der Waals surface area contributed by atoms with Gasteiger partial charge < -0.3 is 9.47 Å². The Morgan fingerprint density at radius 3 is 2.55 bits per heavy atom. The van der Waals surface area contributed by atoms with Crippen LogP contribution in [0.2, 0.25) is 0 Å². The molecule has 4 heteroatoms. The molecule has 2 fully saturated rings. The highest BCUT2D eigenvalue weighted by Gasteiger charge is 2.50. The van der Waals surface area contributed by atoms with Crippen molar-refractivity contribution in [2.45, 2.75) is 44.3 Å². The van der Waals surface area contributed by atoms with Crippen molar-refractivity contribution in [3.63, 3.8) is 0 Å². The molecule has 4 nitrogen and oxygen atoms in total. The maximum atomic E-state index is 12.5. The lowest BCUT2D eigenvalue weighted by Gasteiger charge is -2.20. The third-order valence-corrected chi connectivity index (χ3v) is 5.86. The Bertz CT molecular complexity index is 859. The van der Waals surface area contributed by atoms with Crippen LogP contribution in [0.3, 0.4) is 0 Å². The van der Waals surface area contributed by atoms with Gasteiger partial charge in [0.05, 0.1) is 12.0 Å². The third kappa shape index (κ3) is 4.76. The number of fused-ring (bicyclic) bond motifs is 1. The minimum Gasteiger partial charge on any atom is -0.462 e. The molecule has 0 radical (unpaired) electrons. The Morgan fingerprint density at radius 1 is 1.07 bits per heavy atom. The Morgan fingerprint density at radius 2 is 1.79 bits per heavy atom. The van der Waals surface area contributed by atoms with Gasteiger partial charge in [0.1, 0.15) is 12.2 Å². The number of benzene rings is 2. The lowest BCUT2D eigenvalue weighted by atomic mass is 9.91. The Hall–Kier alpha value is -2.88. The summed E-state index contributed by atoms with van der Waals surface area (Å²) >= 11 is 0. The van der Waals surface area contributed by atoms with Gasteiger partial charge in [-0.15, -0.1) is 0 Å². The number of unbranched alkanes of at least 4 members (excludes halogenated alkanes) is 1. The molecule has 1 aliphatic carbocycles. The molecule has 1 saturated carbocycles. The van der Waals surface area contributed by atoms with Crippen LogP contribution in [0.25, 0.3) is 0 Å². The lowest BCUT2D eigenvalue weighted by molar-refractivity contribution is -0.141. The van der Waals surface area contributed by atoms with Crippen molar-refractivity contribution < 1.29 is 19.1 Å². The summed E-state index contributed by atoms with van der Waals surface area (Å²) in [6.45, 7) is 0. The van der Waals surface area contributed by atoms with Crippen molar-refractivity contribution in [1.82, 2.24) is 0 Å². The number of carbonyl (C=O) groups is 2. The number of rotatable bonds is 7. The molecular formula is C25H26O4. The molecule has 0 spiro atoms. The molecule has 4 rings (SSSR count). The van der Waals surface area contributed by atoms with Crippen LogP contribution in [0.15, 0.2) is 72.8 Å².